The summed E-state index contributed by atoms with van der Waals surface area (Å²) in [6, 6.07) is 12.9. The summed E-state index contributed by atoms with van der Waals surface area (Å²) in [7, 11) is 1.29. The van der Waals surface area contributed by atoms with E-state index in [2.05, 4.69) is 19.2 Å². The van der Waals surface area contributed by atoms with Crippen molar-refractivity contribution in [3.05, 3.63) is 87.5 Å². The Kier molecular flexibility index (Phi) is 8.91. The zero-order chi connectivity index (χ0) is 24.7. The fraction of sp³-hybridized carbons (Fsp3) is 0.0870. The number of nitrogens with one attached hydrogen (secondary N) is 1. The summed E-state index contributed by atoms with van der Waals surface area (Å²) in [6.45, 7) is -0.192. The molecule has 8 nitrogen and oxygen atoms in total. The van der Waals surface area contributed by atoms with E-state index in [-0.39, 0.29) is 17.2 Å². The van der Waals surface area contributed by atoms with Crippen LogP contribution in [0.25, 0.3) is 17.3 Å². The lowest BCUT2D eigenvalue weighted by Crippen LogP contribution is -2.13. The molecule has 0 aliphatic rings. The van der Waals surface area contributed by atoms with Crippen LogP contribution >= 0.6 is 23.2 Å². The molecule has 0 spiro atoms. The minimum Gasteiger partial charge on any atom is -0.750 e. The number of methoxy groups -OCH3 is 1. The van der Waals surface area contributed by atoms with E-state index in [0.29, 0.717) is 33.1 Å². The van der Waals surface area contributed by atoms with Crippen molar-refractivity contribution in [1.82, 2.24) is 4.98 Å². The molecule has 11 heteroatoms. The first-order valence-electron chi connectivity index (χ1n) is 9.61. The number of halogens is 2. The highest BCUT2D eigenvalue weighted by atomic mass is 35.5. The predicted molar refractivity (Wildman–Crippen MR) is 129 cm³/mol. The van der Waals surface area contributed by atoms with E-state index < -0.39 is 23.2 Å². The Bertz CT molecular complexity index is 1260. The van der Waals surface area contributed by atoms with Crippen LogP contribution in [0.1, 0.15) is 21.5 Å². The molecule has 1 heterocycles. The van der Waals surface area contributed by atoms with Gasteiger partial charge in [-0.1, -0.05) is 35.3 Å². The minimum atomic E-state index is -2.65. The Morgan fingerprint density at radius 2 is 1.91 bits per heavy atom. The third-order valence-corrected chi connectivity index (χ3v) is 5.45. The van der Waals surface area contributed by atoms with Gasteiger partial charge >= 0.3 is 5.97 Å². The highest BCUT2D eigenvalue weighted by Crippen LogP contribution is 2.30. The SMILES string of the molecule is COC(=O)/C=C/c1ccc(-c2cc(NC(=O)c3ccc(COS(=O)[O-])cc3Cl)ccc2Cl)nc1. The van der Waals surface area contributed by atoms with Gasteiger partial charge in [0, 0.05) is 23.5 Å². The van der Waals surface area contributed by atoms with Crippen molar-refractivity contribution in [2.24, 2.45) is 0 Å². The first-order valence-corrected chi connectivity index (χ1v) is 11.4. The Morgan fingerprint density at radius 1 is 1.12 bits per heavy atom. The van der Waals surface area contributed by atoms with Crippen molar-refractivity contribution in [2.75, 3.05) is 12.4 Å². The molecule has 1 N–H and O–H groups in total. The molecule has 0 saturated heterocycles. The molecular formula is C23H17Cl2N2O6S-. The smallest absolute Gasteiger partial charge is 0.330 e. The van der Waals surface area contributed by atoms with Gasteiger partial charge in [0.05, 0.1) is 46.4 Å². The maximum Gasteiger partial charge on any atom is 0.330 e. The van der Waals surface area contributed by atoms with Gasteiger partial charge in [0.2, 0.25) is 0 Å². The van der Waals surface area contributed by atoms with Crippen LogP contribution in [0.3, 0.4) is 0 Å². The molecule has 0 fully saturated rings. The fourth-order valence-electron chi connectivity index (χ4n) is 2.84. The number of rotatable bonds is 8. The molecule has 0 saturated carbocycles. The highest BCUT2D eigenvalue weighted by molar-refractivity contribution is 7.74. The number of benzene rings is 2. The summed E-state index contributed by atoms with van der Waals surface area (Å²) in [4.78, 5) is 28.3. The van der Waals surface area contributed by atoms with E-state index in [9.17, 15) is 18.4 Å². The van der Waals surface area contributed by atoms with Gasteiger partial charge in [-0.25, -0.2) is 9.00 Å². The van der Waals surface area contributed by atoms with Gasteiger partial charge in [-0.15, -0.1) is 0 Å². The number of esters is 1. The van der Waals surface area contributed by atoms with Crippen LogP contribution in [0.4, 0.5) is 5.69 Å². The van der Waals surface area contributed by atoms with Gasteiger partial charge in [0.1, 0.15) is 0 Å². The summed E-state index contributed by atoms with van der Waals surface area (Å²) in [6.07, 6.45) is 4.43. The number of nitrogens with zero attached hydrogens (tertiary/aromatic N) is 1. The Labute approximate surface area is 208 Å². The van der Waals surface area contributed by atoms with Crippen molar-refractivity contribution >= 4 is 58.2 Å². The van der Waals surface area contributed by atoms with Crippen molar-refractivity contribution in [2.45, 2.75) is 6.61 Å². The van der Waals surface area contributed by atoms with Crippen LogP contribution in [0, 0.1) is 0 Å². The maximum absolute atomic E-state index is 12.7. The summed E-state index contributed by atoms with van der Waals surface area (Å²) >= 11 is 9.88. The van der Waals surface area contributed by atoms with Crippen LogP contribution in [0.2, 0.25) is 10.0 Å². The van der Waals surface area contributed by atoms with Crippen molar-refractivity contribution in [3.8, 4) is 11.3 Å². The lowest BCUT2D eigenvalue weighted by Gasteiger charge is -2.11. The number of aromatic nitrogens is 1. The Hall–Kier alpha value is -3.08. The minimum absolute atomic E-state index is 0.140. The number of amides is 1. The van der Waals surface area contributed by atoms with Crippen LogP contribution in [0.5, 0.6) is 0 Å². The van der Waals surface area contributed by atoms with Gasteiger partial charge in [-0.05, 0) is 53.6 Å². The van der Waals surface area contributed by atoms with Crippen LogP contribution in [-0.2, 0) is 31.7 Å². The predicted octanol–water partition coefficient (Wildman–Crippen LogP) is 4.80. The average molecular weight is 520 g/mol. The van der Waals surface area contributed by atoms with Crippen molar-refractivity contribution < 1.29 is 27.3 Å². The monoisotopic (exact) mass is 519 g/mol. The van der Waals surface area contributed by atoms with Gasteiger partial charge in [-0.2, -0.15) is 0 Å². The topological polar surface area (TPSA) is 118 Å². The molecule has 1 amide bonds. The number of carbonyl (C=O) groups is 2. The first-order chi connectivity index (χ1) is 16.3. The molecule has 0 radical (unpaired) electrons. The summed E-state index contributed by atoms with van der Waals surface area (Å²) in [5, 5.41) is 3.33. The number of hydrogen-bond donors (Lipinski definition) is 1. The van der Waals surface area contributed by atoms with Gasteiger partial charge in [0.15, 0.2) is 0 Å². The largest absolute Gasteiger partial charge is 0.750 e. The van der Waals surface area contributed by atoms with Crippen LogP contribution in [-0.4, -0.2) is 32.7 Å². The van der Waals surface area contributed by atoms with E-state index >= 15 is 0 Å². The normalized spacial score (nSPS) is 11.9. The molecule has 1 unspecified atom stereocenters. The van der Waals surface area contributed by atoms with Crippen molar-refractivity contribution in [1.29, 1.82) is 0 Å². The first kappa shape index (κ1) is 25.5. The summed E-state index contributed by atoms with van der Waals surface area (Å²) in [5.74, 6) is -0.938. The number of carbonyl (C=O) groups excluding carboxylic acids is 2. The third kappa shape index (κ3) is 6.96. The number of ether oxygens (including phenoxy) is 1. The Morgan fingerprint density at radius 3 is 2.56 bits per heavy atom. The lowest BCUT2D eigenvalue weighted by atomic mass is 10.1. The van der Waals surface area contributed by atoms with Gasteiger partial charge < -0.3 is 14.6 Å². The highest BCUT2D eigenvalue weighted by Gasteiger charge is 2.13. The second kappa shape index (κ2) is 11.9. The molecule has 3 rings (SSSR count). The molecule has 2 aromatic carbocycles. The molecular weight excluding hydrogens is 503 g/mol. The summed E-state index contributed by atoms with van der Waals surface area (Å²) in [5.41, 5.74) is 3.01. The van der Waals surface area contributed by atoms with Crippen molar-refractivity contribution in [3.63, 3.8) is 0 Å². The molecule has 0 aliphatic carbocycles. The molecule has 3 aromatic rings. The number of hydrogen-bond acceptors (Lipinski definition) is 7. The third-order valence-electron chi connectivity index (χ3n) is 4.50. The number of pyridine rings is 1. The van der Waals surface area contributed by atoms with E-state index in [0.717, 1.165) is 0 Å². The van der Waals surface area contributed by atoms with E-state index in [1.165, 1.54) is 25.3 Å². The molecule has 1 aromatic heterocycles. The van der Waals surface area contributed by atoms with Gasteiger partial charge in [0.25, 0.3) is 5.91 Å². The molecule has 1 atom stereocenters. The van der Waals surface area contributed by atoms with E-state index in [1.807, 2.05) is 0 Å². The van der Waals surface area contributed by atoms with Crippen LogP contribution < -0.4 is 5.32 Å². The molecule has 0 bridgehead atoms. The maximum atomic E-state index is 12.7. The molecule has 34 heavy (non-hydrogen) atoms. The lowest BCUT2D eigenvalue weighted by molar-refractivity contribution is -0.134. The van der Waals surface area contributed by atoms with E-state index in [4.69, 9.17) is 23.2 Å². The quantitative estimate of drug-likeness (QED) is 0.258. The van der Waals surface area contributed by atoms with Gasteiger partial charge in [-0.3, -0.25) is 14.0 Å². The number of anilines is 1. The van der Waals surface area contributed by atoms with E-state index in [1.54, 1.807) is 48.7 Å². The van der Waals surface area contributed by atoms with Crippen LogP contribution in [0.15, 0.2) is 60.8 Å². The second-order valence-electron chi connectivity index (χ2n) is 6.76. The second-order valence-corrected chi connectivity index (χ2v) is 8.22. The fourth-order valence-corrected chi connectivity index (χ4v) is 3.58. The zero-order valence-electron chi connectivity index (χ0n) is 17.6. The molecule has 0 aliphatic heterocycles. The summed E-state index contributed by atoms with van der Waals surface area (Å²) < 4.78 is 30.1. The molecule has 176 valence electrons. The standard InChI is InChI=1S/C23H18Cl2N2O6S/c1-32-22(28)9-4-14-3-8-21(26-12-14)18-11-16(5-7-19(18)24)27-23(29)17-6-2-15(10-20(17)25)13-33-34(30)31/h2-12H,13H2,1H3,(H,27,29)(H,30,31)/p-1/b9-4+. The average Bonchev–Trinajstić information content (AvgIpc) is 2.82. The Balaban J connectivity index is 1.76. The zero-order valence-corrected chi connectivity index (χ0v) is 19.9.